The Kier molecular flexibility index (Phi) is 8.20. The Balaban J connectivity index is 1.68. The number of rotatable bonds is 10. The van der Waals surface area contributed by atoms with E-state index in [1.54, 1.807) is 12.1 Å². The van der Waals surface area contributed by atoms with E-state index in [0.29, 0.717) is 24.5 Å². The molecule has 2 aromatic rings. The van der Waals surface area contributed by atoms with Gasteiger partial charge in [0.15, 0.2) is 18.1 Å². The van der Waals surface area contributed by atoms with Crippen LogP contribution in [0.4, 0.5) is 14.5 Å². The number of hydrogen-bond donors (Lipinski definition) is 1. The lowest BCUT2D eigenvalue weighted by molar-refractivity contribution is -0.147. The maximum absolute atomic E-state index is 13.4. The van der Waals surface area contributed by atoms with Crippen molar-refractivity contribution in [2.45, 2.75) is 19.8 Å². The van der Waals surface area contributed by atoms with E-state index in [-0.39, 0.29) is 13.0 Å². The van der Waals surface area contributed by atoms with E-state index in [1.165, 1.54) is 6.07 Å². The molecule has 1 amide bonds. The Morgan fingerprint density at radius 2 is 1.61 bits per heavy atom. The molecule has 0 spiro atoms. The first-order valence-corrected chi connectivity index (χ1v) is 8.75. The molecule has 8 heteroatoms. The van der Waals surface area contributed by atoms with Crippen molar-refractivity contribution in [3.63, 3.8) is 0 Å². The first-order valence-electron chi connectivity index (χ1n) is 8.75. The van der Waals surface area contributed by atoms with E-state index in [1.807, 2.05) is 24.4 Å². The van der Waals surface area contributed by atoms with Crippen LogP contribution in [0.15, 0.2) is 42.5 Å². The summed E-state index contributed by atoms with van der Waals surface area (Å²) in [4.78, 5) is 23.4. The Morgan fingerprint density at radius 1 is 0.964 bits per heavy atom. The maximum atomic E-state index is 13.4. The highest BCUT2D eigenvalue weighted by molar-refractivity contribution is 5.93. The standard InChI is InChI=1S/C20H21F2NO5/c1-2-26-16-9-3-4-10-17(16)27-12-6-11-19(25)28-13-18(24)23-20-14(21)7-5-8-15(20)22/h3-5,7-10H,2,6,11-13H2,1H3,(H,23,24). The van der Waals surface area contributed by atoms with Crippen LogP contribution in [-0.4, -0.2) is 31.7 Å². The molecule has 0 saturated heterocycles. The summed E-state index contributed by atoms with van der Waals surface area (Å²) in [5.41, 5.74) is -0.579. The van der Waals surface area contributed by atoms with Crippen molar-refractivity contribution in [1.82, 2.24) is 0 Å². The van der Waals surface area contributed by atoms with Crippen LogP contribution in [0.5, 0.6) is 11.5 Å². The number of nitrogens with one attached hydrogen (secondary N) is 1. The molecule has 6 nitrogen and oxygen atoms in total. The summed E-state index contributed by atoms with van der Waals surface area (Å²) in [7, 11) is 0. The summed E-state index contributed by atoms with van der Waals surface area (Å²) in [5, 5.41) is 2.04. The second-order valence-electron chi connectivity index (χ2n) is 5.64. The molecule has 150 valence electrons. The number of hydrogen-bond acceptors (Lipinski definition) is 5. The van der Waals surface area contributed by atoms with Crippen molar-refractivity contribution in [3.05, 3.63) is 54.1 Å². The quantitative estimate of drug-likeness (QED) is 0.492. The Morgan fingerprint density at radius 3 is 2.25 bits per heavy atom. The van der Waals surface area contributed by atoms with Crippen molar-refractivity contribution in [1.29, 1.82) is 0 Å². The summed E-state index contributed by atoms with van der Waals surface area (Å²) < 4.78 is 42.7. The van der Waals surface area contributed by atoms with E-state index in [2.05, 4.69) is 0 Å². The Hall–Kier alpha value is -3.16. The maximum Gasteiger partial charge on any atom is 0.306 e. The van der Waals surface area contributed by atoms with Gasteiger partial charge >= 0.3 is 5.97 Å². The van der Waals surface area contributed by atoms with Gasteiger partial charge in [0.1, 0.15) is 17.3 Å². The third kappa shape index (κ3) is 6.53. The summed E-state index contributed by atoms with van der Waals surface area (Å²) in [6.45, 7) is 1.99. The molecule has 0 aliphatic rings. The van der Waals surface area contributed by atoms with E-state index >= 15 is 0 Å². The fourth-order valence-corrected chi connectivity index (χ4v) is 2.25. The molecular weight excluding hydrogens is 372 g/mol. The second-order valence-corrected chi connectivity index (χ2v) is 5.64. The summed E-state index contributed by atoms with van der Waals surface area (Å²) >= 11 is 0. The number of para-hydroxylation sites is 3. The molecule has 0 saturated carbocycles. The van der Waals surface area contributed by atoms with Crippen LogP contribution >= 0.6 is 0 Å². The molecule has 0 unspecified atom stereocenters. The number of benzene rings is 2. The van der Waals surface area contributed by atoms with E-state index < -0.39 is 35.8 Å². The zero-order valence-corrected chi connectivity index (χ0v) is 15.4. The van der Waals surface area contributed by atoms with Gasteiger partial charge < -0.3 is 19.5 Å². The molecule has 1 N–H and O–H groups in total. The topological polar surface area (TPSA) is 73.9 Å². The number of esters is 1. The molecule has 0 heterocycles. The second kappa shape index (κ2) is 10.9. The number of carbonyl (C=O) groups is 2. The van der Waals surface area contributed by atoms with Crippen LogP contribution in [0, 0.1) is 11.6 Å². The number of carbonyl (C=O) groups excluding carboxylic acids is 2. The molecule has 2 rings (SSSR count). The molecule has 0 aliphatic carbocycles. The van der Waals surface area contributed by atoms with Crippen LogP contribution < -0.4 is 14.8 Å². The fourth-order valence-electron chi connectivity index (χ4n) is 2.25. The first-order chi connectivity index (χ1) is 13.5. The largest absolute Gasteiger partial charge is 0.490 e. The zero-order valence-electron chi connectivity index (χ0n) is 15.4. The van der Waals surface area contributed by atoms with Gasteiger partial charge in [0.25, 0.3) is 5.91 Å². The van der Waals surface area contributed by atoms with Crippen LogP contribution in [-0.2, 0) is 14.3 Å². The fraction of sp³-hybridized carbons (Fsp3) is 0.300. The van der Waals surface area contributed by atoms with Gasteiger partial charge in [0.2, 0.25) is 0 Å². The zero-order chi connectivity index (χ0) is 20.4. The van der Waals surface area contributed by atoms with Crippen LogP contribution in [0.3, 0.4) is 0 Å². The van der Waals surface area contributed by atoms with Crippen molar-refractivity contribution < 1.29 is 32.6 Å². The number of amides is 1. The minimum Gasteiger partial charge on any atom is -0.490 e. The Labute approximate surface area is 161 Å². The van der Waals surface area contributed by atoms with Gasteiger partial charge in [0.05, 0.1) is 13.2 Å². The van der Waals surface area contributed by atoms with Gasteiger partial charge in [-0.2, -0.15) is 0 Å². The lowest BCUT2D eigenvalue weighted by Gasteiger charge is -2.11. The van der Waals surface area contributed by atoms with Crippen molar-refractivity contribution in [3.8, 4) is 11.5 Å². The van der Waals surface area contributed by atoms with Crippen molar-refractivity contribution >= 4 is 17.6 Å². The van der Waals surface area contributed by atoms with Crippen LogP contribution in [0.1, 0.15) is 19.8 Å². The Bertz CT molecular complexity index is 793. The SMILES string of the molecule is CCOc1ccccc1OCCCC(=O)OCC(=O)Nc1c(F)cccc1F. The van der Waals surface area contributed by atoms with Crippen LogP contribution in [0.2, 0.25) is 0 Å². The lowest BCUT2D eigenvalue weighted by Crippen LogP contribution is -2.22. The van der Waals surface area contributed by atoms with Gasteiger partial charge in [0, 0.05) is 6.42 Å². The van der Waals surface area contributed by atoms with E-state index in [4.69, 9.17) is 14.2 Å². The van der Waals surface area contributed by atoms with E-state index in [9.17, 15) is 18.4 Å². The number of halogens is 2. The molecule has 0 aromatic heterocycles. The summed E-state index contributed by atoms with van der Waals surface area (Å²) in [5.74, 6) is -2.09. The average molecular weight is 393 g/mol. The van der Waals surface area contributed by atoms with Gasteiger partial charge in [-0.05, 0) is 37.6 Å². The highest BCUT2D eigenvalue weighted by Crippen LogP contribution is 2.26. The molecule has 2 aromatic carbocycles. The monoisotopic (exact) mass is 393 g/mol. The lowest BCUT2D eigenvalue weighted by atomic mass is 10.3. The predicted molar refractivity (Wildman–Crippen MR) is 98.3 cm³/mol. The summed E-state index contributed by atoms with van der Waals surface area (Å²) in [6, 6.07) is 10.4. The van der Waals surface area contributed by atoms with Gasteiger partial charge in [-0.1, -0.05) is 18.2 Å². The first kappa shape index (κ1) is 21.1. The molecule has 0 aliphatic heterocycles. The summed E-state index contributed by atoms with van der Waals surface area (Å²) in [6.07, 6.45) is 0.390. The highest BCUT2D eigenvalue weighted by atomic mass is 19.1. The van der Waals surface area contributed by atoms with Gasteiger partial charge in [-0.3, -0.25) is 9.59 Å². The van der Waals surface area contributed by atoms with E-state index in [0.717, 1.165) is 12.1 Å². The van der Waals surface area contributed by atoms with Crippen molar-refractivity contribution in [2.75, 3.05) is 25.1 Å². The molecule has 0 radical (unpaired) electrons. The number of ether oxygens (including phenoxy) is 3. The molecule has 28 heavy (non-hydrogen) atoms. The third-order valence-electron chi connectivity index (χ3n) is 3.52. The molecule has 0 fully saturated rings. The smallest absolute Gasteiger partial charge is 0.306 e. The molecule has 0 bridgehead atoms. The van der Waals surface area contributed by atoms with Crippen molar-refractivity contribution in [2.24, 2.45) is 0 Å². The average Bonchev–Trinajstić information content (AvgIpc) is 2.68. The van der Waals surface area contributed by atoms with Gasteiger partial charge in [-0.25, -0.2) is 8.78 Å². The molecule has 0 atom stereocenters. The van der Waals surface area contributed by atoms with Crippen LogP contribution in [0.25, 0.3) is 0 Å². The highest BCUT2D eigenvalue weighted by Gasteiger charge is 2.13. The normalized spacial score (nSPS) is 10.2. The minimum absolute atomic E-state index is 0.0259. The third-order valence-corrected chi connectivity index (χ3v) is 3.52. The predicted octanol–water partition coefficient (Wildman–Crippen LogP) is 3.70. The minimum atomic E-state index is -0.913. The van der Waals surface area contributed by atoms with Gasteiger partial charge in [-0.15, -0.1) is 0 Å². The number of anilines is 1. The molecular formula is C20H21F2NO5.